The fourth-order valence-corrected chi connectivity index (χ4v) is 3.58. The summed E-state index contributed by atoms with van der Waals surface area (Å²) >= 11 is 1.57. The Morgan fingerprint density at radius 1 is 0.969 bits per heavy atom. The zero-order valence-electron chi connectivity index (χ0n) is 18.2. The van der Waals surface area contributed by atoms with E-state index < -0.39 is 23.6 Å². The molecular weight excluding hydrogens is 428 g/mol. The van der Waals surface area contributed by atoms with Crippen molar-refractivity contribution in [2.75, 3.05) is 5.01 Å². The van der Waals surface area contributed by atoms with Crippen LogP contribution in [0.5, 0.6) is 5.75 Å². The maximum absolute atomic E-state index is 13.4. The zero-order chi connectivity index (χ0) is 23.3. The molecule has 1 N–H and O–H groups in total. The van der Waals surface area contributed by atoms with Crippen molar-refractivity contribution in [1.29, 1.82) is 0 Å². The minimum absolute atomic E-state index is 0.223. The van der Waals surface area contributed by atoms with Gasteiger partial charge in [0.05, 0.1) is 5.69 Å². The molecule has 3 rings (SSSR count). The molecule has 0 saturated heterocycles. The molecule has 0 saturated carbocycles. The number of hydrazine groups is 1. The second-order valence-corrected chi connectivity index (χ2v) is 8.85. The highest BCUT2D eigenvalue weighted by Crippen LogP contribution is 2.29. The van der Waals surface area contributed by atoms with E-state index in [-0.39, 0.29) is 11.3 Å². The van der Waals surface area contributed by atoms with Crippen LogP contribution in [0.2, 0.25) is 0 Å². The van der Waals surface area contributed by atoms with Gasteiger partial charge in [-0.2, -0.15) is 0 Å². The van der Waals surface area contributed by atoms with Crippen molar-refractivity contribution in [3.8, 4) is 16.2 Å². The van der Waals surface area contributed by atoms with Gasteiger partial charge < -0.3 is 9.47 Å². The number of nitrogens with zero attached hydrogens (tertiary/aromatic N) is 1. The molecule has 0 bridgehead atoms. The van der Waals surface area contributed by atoms with Gasteiger partial charge in [0.25, 0.3) is 5.91 Å². The fourth-order valence-electron chi connectivity index (χ4n) is 2.85. The number of amides is 2. The van der Waals surface area contributed by atoms with Crippen molar-refractivity contribution in [2.24, 2.45) is 0 Å². The highest BCUT2D eigenvalue weighted by atomic mass is 32.1. The van der Waals surface area contributed by atoms with Crippen LogP contribution in [-0.4, -0.2) is 23.6 Å². The Morgan fingerprint density at radius 2 is 1.72 bits per heavy atom. The fraction of sp³-hybridized carbons (Fsp3) is 0.208. The smallest absolute Gasteiger partial charge is 0.427 e. The number of ether oxygens (including phenoxy) is 2. The molecule has 8 heteroatoms. The third-order valence-electron chi connectivity index (χ3n) is 4.06. The van der Waals surface area contributed by atoms with E-state index in [9.17, 15) is 14.4 Å². The standard InChI is InChI=1S/C24H24N2O5S/c1-16(27)30-20-11-6-9-18(15-20)22(28)26(25-23(29)31-24(2,3)4)19-10-5-8-17(14-19)21-12-7-13-32-21/h5-15H,1-4H3,(H,25,29). The highest BCUT2D eigenvalue weighted by Gasteiger charge is 2.24. The van der Waals surface area contributed by atoms with Gasteiger partial charge in [0, 0.05) is 17.4 Å². The average molecular weight is 453 g/mol. The molecule has 3 aromatic rings. The first-order chi connectivity index (χ1) is 15.1. The molecule has 0 spiro atoms. The molecule has 1 heterocycles. The Hall–Kier alpha value is -3.65. The van der Waals surface area contributed by atoms with Gasteiger partial charge in [-0.1, -0.05) is 24.3 Å². The van der Waals surface area contributed by atoms with Gasteiger partial charge in [0.1, 0.15) is 11.4 Å². The molecule has 0 atom stereocenters. The monoisotopic (exact) mass is 452 g/mol. The van der Waals surface area contributed by atoms with Crippen molar-refractivity contribution in [3.63, 3.8) is 0 Å². The Morgan fingerprint density at radius 3 is 2.38 bits per heavy atom. The summed E-state index contributed by atoms with van der Waals surface area (Å²) in [5.41, 5.74) is 3.37. The number of benzene rings is 2. The average Bonchev–Trinajstić information content (AvgIpc) is 3.25. The molecule has 0 unspecified atom stereocenters. The van der Waals surface area contributed by atoms with Gasteiger partial charge in [0.15, 0.2) is 0 Å². The van der Waals surface area contributed by atoms with E-state index in [0.29, 0.717) is 5.69 Å². The minimum atomic E-state index is -0.775. The number of hydrogen-bond donors (Lipinski definition) is 1. The Labute approximate surface area is 190 Å². The number of carbonyl (C=O) groups is 3. The van der Waals surface area contributed by atoms with Gasteiger partial charge in [-0.05, 0) is 68.1 Å². The topological polar surface area (TPSA) is 84.9 Å². The van der Waals surface area contributed by atoms with Crippen LogP contribution in [0, 0.1) is 0 Å². The van der Waals surface area contributed by atoms with E-state index >= 15 is 0 Å². The molecule has 0 fully saturated rings. The lowest BCUT2D eigenvalue weighted by molar-refractivity contribution is -0.131. The van der Waals surface area contributed by atoms with Crippen molar-refractivity contribution < 1.29 is 23.9 Å². The van der Waals surface area contributed by atoms with E-state index in [4.69, 9.17) is 9.47 Å². The third-order valence-corrected chi connectivity index (χ3v) is 4.98. The quantitative estimate of drug-likeness (QED) is 0.324. The predicted molar refractivity (Wildman–Crippen MR) is 124 cm³/mol. The second kappa shape index (κ2) is 9.65. The number of thiophene rings is 1. The summed E-state index contributed by atoms with van der Waals surface area (Å²) in [5, 5.41) is 3.09. The third kappa shape index (κ3) is 6.18. The number of rotatable bonds is 4. The summed E-state index contributed by atoms with van der Waals surface area (Å²) in [6, 6.07) is 17.3. The Kier molecular flexibility index (Phi) is 6.95. The Balaban J connectivity index is 1.97. The molecule has 2 aromatic carbocycles. The first-order valence-electron chi connectivity index (χ1n) is 9.89. The summed E-state index contributed by atoms with van der Waals surface area (Å²) < 4.78 is 10.4. The maximum atomic E-state index is 13.4. The second-order valence-electron chi connectivity index (χ2n) is 7.90. The lowest BCUT2D eigenvalue weighted by atomic mass is 10.1. The van der Waals surface area contributed by atoms with Crippen molar-refractivity contribution in [3.05, 3.63) is 71.6 Å². The van der Waals surface area contributed by atoms with Crippen molar-refractivity contribution >= 4 is 35.0 Å². The largest absolute Gasteiger partial charge is 0.443 e. The van der Waals surface area contributed by atoms with Crippen LogP contribution in [0.1, 0.15) is 38.1 Å². The summed E-state index contributed by atoms with van der Waals surface area (Å²) in [6.07, 6.45) is -0.775. The number of anilines is 1. The van der Waals surface area contributed by atoms with E-state index in [0.717, 1.165) is 15.4 Å². The predicted octanol–water partition coefficient (Wildman–Crippen LogP) is 5.43. The SMILES string of the molecule is CC(=O)Oc1cccc(C(=O)N(NC(=O)OC(C)(C)C)c2cccc(-c3cccs3)c2)c1. The maximum Gasteiger partial charge on any atom is 0.427 e. The summed E-state index contributed by atoms with van der Waals surface area (Å²) in [7, 11) is 0. The first kappa shape index (κ1) is 23.0. The van der Waals surface area contributed by atoms with Crippen molar-refractivity contribution in [1.82, 2.24) is 5.43 Å². The highest BCUT2D eigenvalue weighted by molar-refractivity contribution is 7.13. The first-order valence-corrected chi connectivity index (χ1v) is 10.8. The van der Waals surface area contributed by atoms with Crippen LogP contribution in [0.3, 0.4) is 0 Å². The Bertz CT molecular complexity index is 1120. The van der Waals surface area contributed by atoms with Gasteiger partial charge in [-0.25, -0.2) is 15.2 Å². The van der Waals surface area contributed by atoms with Crippen LogP contribution in [0.25, 0.3) is 10.4 Å². The summed E-state index contributed by atoms with van der Waals surface area (Å²) in [6.45, 7) is 6.48. The van der Waals surface area contributed by atoms with Gasteiger partial charge in [0.2, 0.25) is 0 Å². The van der Waals surface area contributed by atoms with Crippen LogP contribution in [0.4, 0.5) is 10.5 Å². The number of carbonyl (C=O) groups excluding carboxylic acids is 3. The summed E-state index contributed by atoms with van der Waals surface area (Å²) in [5.74, 6) is -0.789. The molecule has 0 aliphatic rings. The molecule has 166 valence electrons. The lowest BCUT2D eigenvalue weighted by Crippen LogP contribution is -2.48. The van der Waals surface area contributed by atoms with Gasteiger partial charge in [-0.15, -0.1) is 11.3 Å². The molecule has 2 amide bonds. The van der Waals surface area contributed by atoms with Crippen LogP contribution < -0.4 is 15.2 Å². The van der Waals surface area contributed by atoms with E-state index in [1.165, 1.54) is 13.0 Å². The van der Waals surface area contributed by atoms with E-state index in [1.54, 1.807) is 68.5 Å². The van der Waals surface area contributed by atoms with Crippen molar-refractivity contribution in [2.45, 2.75) is 33.3 Å². The summed E-state index contributed by atoms with van der Waals surface area (Å²) in [4.78, 5) is 38.2. The lowest BCUT2D eigenvalue weighted by Gasteiger charge is -2.26. The van der Waals surface area contributed by atoms with E-state index in [1.807, 2.05) is 23.6 Å². The molecule has 1 aromatic heterocycles. The van der Waals surface area contributed by atoms with Crippen LogP contribution in [-0.2, 0) is 9.53 Å². The molecule has 0 aliphatic carbocycles. The zero-order valence-corrected chi connectivity index (χ0v) is 19.1. The molecular formula is C24H24N2O5S. The number of nitrogens with one attached hydrogen (secondary N) is 1. The van der Waals surface area contributed by atoms with Gasteiger partial charge >= 0.3 is 12.1 Å². The number of hydrogen-bond acceptors (Lipinski definition) is 6. The van der Waals surface area contributed by atoms with Gasteiger partial charge in [-0.3, -0.25) is 9.59 Å². The normalized spacial score (nSPS) is 10.9. The van der Waals surface area contributed by atoms with Crippen LogP contribution >= 0.6 is 11.3 Å². The van der Waals surface area contributed by atoms with Crippen LogP contribution in [0.15, 0.2) is 66.0 Å². The van der Waals surface area contributed by atoms with E-state index in [2.05, 4.69) is 5.43 Å². The molecule has 32 heavy (non-hydrogen) atoms. The molecule has 0 radical (unpaired) electrons. The number of esters is 1. The molecule has 7 nitrogen and oxygen atoms in total. The minimum Gasteiger partial charge on any atom is -0.443 e. The molecule has 0 aliphatic heterocycles.